The highest BCUT2D eigenvalue weighted by Gasteiger charge is 2.20. The Balaban J connectivity index is 1.29. The van der Waals surface area contributed by atoms with Crippen LogP contribution in [0, 0.1) is 0 Å². The van der Waals surface area contributed by atoms with Crippen LogP contribution in [-0.2, 0) is 33.5 Å². The summed E-state index contributed by atoms with van der Waals surface area (Å²) in [6, 6.07) is 32.0. The summed E-state index contributed by atoms with van der Waals surface area (Å²) in [6.07, 6.45) is 5.08. The number of anilines is 1. The number of aromatic amines is 1. The van der Waals surface area contributed by atoms with Crippen LogP contribution >= 0.6 is 0 Å². The van der Waals surface area contributed by atoms with Crippen molar-refractivity contribution < 1.29 is 18.3 Å². The smallest absolute Gasteiger partial charge is 0.246 e. The van der Waals surface area contributed by atoms with Crippen molar-refractivity contribution in [1.82, 2.24) is 19.5 Å². The zero-order valence-electron chi connectivity index (χ0n) is 25.5. The molecule has 0 aliphatic heterocycles. The van der Waals surface area contributed by atoms with E-state index < -0.39 is 9.84 Å². The number of aliphatic hydroxyl groups is 1. The van der Waals surface area contributed by atoms with Gasteiger partial charge in [0.2, 0.25) is 5.91 Å². The van der Waals surface area contributed by atoms with Crippen LogP contribution in [0.2, 0.25) is 0 Å². The molecule has 10 heteroatoms. The Bertz CT molecular complexity index is 2330. The Kier molecular flexibility index (Phi) is 7.88. The van der Waals surface area contributed by atoms with Gasteiger partial charge in [0.15, 0.2) is 9.84 Å². The van der Waals surface area contributed by atoms with Crippen LogP contribution in [0.4, 0.5) is 5.69 Å². The molecule has 3 heterocycles. The van der Waals surface area contributed by atoms with Crippen LogP contribution < -0.4 is 4.90 Å². The third-order valence-corrected chi connectivity index (χ3v) is 10.1. The van der Waals surface area contributed by atoms with E-state index in [-0.39, 0.29) is 24.8 Å². The number of amides is 1. The van der Waals surface area contributed by atoms with E-state index in [1.807, 2.05) is 66.9 Å². The summed E-state index contributed by atoms with van der Waals surface area (Å²) in [5.41, 5.74) is 6.75. The number of hydrogen-bond acceptors (Lipinski definition) is 6. The Morgan fingerprint density at radius 2 is 1.62 bits per heavy atom. The Morgan fingerprint density at radius 3 is 2.34 bits per heavy atom. The predicted molar refractivity (Wildman–Crippen MR) is 183 cm³/mol. The molecule has 4 aromatic carbocycles. The average Bonchev–Trinajstić information content (AvgIpc) is 3.72. The second-order valence-corrected chi connectivity index (χ2v) is 13.3. The summed E-state index contributed by atoms with van der Waals surface area (Å²) < 4.78 is 28.1. The number of aliphatic hydroxyl groups excluding tert-OH is 1. The van der Waals surface area contributed by atoms with E-state index in [2.05, 4.69) is 22.1 Å². The lowest BCUT2D eigenvalue weighted by molar-refractivity contribution is -0.118. The maximum Gasteiger partial charge on any atom is 0.246 e. The predicted octanol–water partition coefficient (Wildman–Crippen LogP) is 6.38. The van der Waals surface area contributed by atoms with Crippen LogP contribution in [0.1, 0.15) is 11.4 Å². The van der Waals surface area contributed by atoms with E-state index in [9.17, 15) is 18.3 Å². The van der Waals surface area contributed by atoms with E-state index >= 15 is 0 Å². The SMILES string of the molecule is CN(C(=O)Cn1ccnc1CO)c1ccc(-c2cnc3[nH]c4ccc(CS(=O)(=O)c5ccccc5)cc4c3c2-c2ccccc2)cc1. The number of fused-ring (bicyclic) bond motifs is 3. The van der Waals surface area contributed by atoms with Crippen molar-refractivity contribution in [3.8, 4) is 22.3 Å². The number of pyridine rings is 1. The van der Waals surface area contributed by atoms with Gasteiger partial charge in [0.1, 0.15) is 24.6 Å². The van der Waals surface area contributed by atoms with Gasteiger partial charge in [-0.2, -0.15) is 0 Å². The molecule has 1 amide bonds. The number of rotatable bonds is 9. The van der Waals surface area contributed by atoms with Crippen molar-refractivity contribution >= 4 is 43.4 Å². The molecule has 7 rings (SSSR count). The molecular formula is C37H31N5O4S. The molecule has 3 aromatic heterocycles. The molecule has 0 saturated carbocycles. The Labute approximate surface area is 271 Å². The zero-order chi connectivity index (χ0) is 32.5. The standard InChI is InChI=1S/C37H31N5O4S/c1-41(34(44)22-42-19-18-38-33(42)23-43)28-15-13-26(14-16-28)31-21-39-37-36(35(31)27-8-4-2-5-9-27)30-20-25(12-17-32(30)40-37)24-47(45,46)29-10-6-3-7-11-29/h2-21,43H,22-24H2,1H3,(H,39,40). The molecule has 0 unspecified atom stereocenters. The van der Waals surface area contributed by atoms with E-state index in [4.69, 9.17) is 4.98 Å². The van der Waals surface area contributed by atoms with Gasteiger partial charge >= 0.3 is 0 Å². The van der Waals surface area contributed by atoms with Gasteiger partial charge in [0.05, 0.1) is 10.6 Å². The zero-order valence-corrected chi connectivity index (χ0v) is 26.4. The molecule has 2 N–H and O–H groups in total. The first-order valence-corrected chi connectivity index (χ1v) is 16.7. The number of carbonyl (C=O) groups is 1. The molecule has 0 spiro atoms. The molecule has 0 saturated heterocycles. The molecule has 0 atom stereocenters. The number of aromatic nitrogens is 4. The summed E-state index contributed by atoms with van der Waals surface area (Å²) in [7, 11) is -1.82. The molecule has 9 nitrogen and oxygen atoms in total. The first kappa shape index (κ1) is 30.1. The lowest BCUT2D eigenvalue weighted by Crippen LogP contribution is -2.30. The van der Waals surface area contributed by atoms with Gasteiger partial charge in [0, 0.05) is 58.7 Å². The van der Waals surface area contributed by atoms with Gasteiger partial charge in [0.25, 0.3) is 0 Å². The fourth-order valence-electron chi connectivity index (χ4n) is 5.94. The molecular weight excluding hydrogens is 611 g/mol. The summed E-state index contributed by atoms with van der Waals surface area (Å²) in [6.45, 7) is -0.187. The van der Waals surface area contributed by atoms with Gasteiger partial charge in [-0.3, -0.25) is 4.79 Å². The molecule has 47 heavy (non-hydrogen) atoms. The lowest BCUT2D eigenvalue weighted by atomic mass is 9.92. The van der Waals surface area contributed by atoms with Crippen LogP contribution in [0.15, 0.2) is 127 Å². The number of likely N-dealkylation sites (N-methyl/N-ethyl adjacent to an activating group) is 1. The number of benzene rings is 4. The fourth-order valence-corrected chi connectivity index (χ4v) is 7.30. The van der Waals surface area contributed by atoms with Crippen molar-refractivity contribution in [2.24, 2.45) is 0 Å². The third kappa shape index (κ3) is 5.80. The van der Waals surface area contributed by atoms with Crippen LogP contribution in [0.3, 0.4) is 0 Å². The minimum atomic E-state index is -3.54. The first-order chi connectivity index (χ1) is 22.8. The van der Waals surface area contributed by atoms with Gasteiger partial charge in [-0.1, -0.05) is 66.7 Å². The first-order valence-electron chi connectivity index (χ1n) is 15.1. The van der Waals surface area contributed by atoms with E-state index in [0.717, 1.165) is 44.2 Å². The van der Waals surface area contributed by atoms with Crippen molar-refractivity contribution in [2.75, 3.05) is 11.9 Å². The van der Waals surface area contributed by atoms with Crippen molar-refractivity contribution in [1.29, 1.82) is 0 Å². The number of nitrogens with zero attached hydrogens (tertiary/aromatic N) is 4. The highest BCUT2D eigenvalue weighted by Crippen LogP contribution is 2.41. The highest BCUT2D eigenvalue weighted by atomic mass is 32.2. The topological polar surface area (TPSA) is 121 Å². The summed E-state index contributed by atoms with van der Waals surface area (Å²) >= 11 is 0. The van der Waals surface area contributed by atoms with Gasteiger partial charge in [-0.15, -0.1) is 0 Å². The molecule has 7 aromatic rings. The number of nitrogens with one attached hydrogen (secondary N) is 1. The quantitative estimate of drug-likeness (QED) is 0.189. The molecule has 0 fully saturated rings. The van der Waals surface area contributed by atoms with Crippen molar-refractivity contribution in [2.45, 2.75) is 23.8 Å². The summed E-state index contributed by atoms with van der Waals surface area (Å²) in [5.74, 6) is 0.159. The normalized spacial score (nSPS) is 11.7. The fraction of sp³-hybridized carbons (Fsp3) is 0.108. The Hall–Kier alpha value is -5.58. The van der Waals surface area contributed by atoms with Gasteiger partial charge in [-0.25, -0.2) is 18.4 Å². The van der Waals surface area contributed by atoms with Crippen LogP contribution in [0.5, 0.6) is 0 Å². The average molecular weight is 642 g/mol. The number of imidazole rings is 1. The second kappa shape index (κ2) is 12.3. The minimum absolute atomic E-state index is 0.0576. The van der Waals surface area contributed by atoms with E-state index in [1.54, 1.807) is 59.2 Å². The maximum atomic E-state index is 13.2. The van der Waals surface area contributed by atoms with Crippen molar-refractivity contribution in [3.05, 3.63) is 133 Å². The Morgan fingerprint density at radius 1 is 0.894 bits per heavy atom. The molecule has 0 bridgehead atoms. The second-order valence-electron chi connectivity index (χ2n) is 11.3. The van der Waals surface area contributed by atoms with Crippen molar-refractivity contribution in [3.63, 3.8) is 0 Å². The van der Waals surface area contributed by atoms with E-state index in [1.165, 1.54) is 0 Å². The number of H-pyrrole nitrogens is 1. The molecule has 0 aliphatic carbocycles. The maximum absolute atomic E-state index is 13.2. The minimum Gasteiger partial charge on any atom is -0.388 e. The molecule has 0 radical (unpaired) electrons. The number of hydrogen-bond donors (Lipinski definition) is 2. The monoisotopic (exact) mass is 641 g/mol. The number of sulfone groups is 1. The van der Waals surface area contributed by atoms with Crippen LogP contribution in [0.25, 0.3) is 44.2 Å². The molecule has 0 aliphatic rings. The van der Waals surface area contributed by atoms with E-state index in [0.29, 0.717) is 21.9 Å². The third-order valence-electron chi connectivity index (χ3n) is 8.40. The van der Waals surface area contributed by atoms with Gasteiger partial charge < -0.3 is 19.6 Å². The van der Waals surface area contributed by atoms with Crippen LogP contribution in [-0.4, -0.2) is 46.0 Å². The summed E-state index contributed by atoms with van der Waals surface area (Å²) in [5, 5.41) is 11.3. The lowest BCUT2D eigenvalue weighted by Gasteiger charge is -2.19. The molecule has 234 valence electrons. The number of carbonyl (C=O) groups excluding carboxylic acids is 1. The highest BCUT2D eigenvalue weighted by molar-refractivity contribution is 7.90. The van der Waals surface area contributed by atoms with Gasteiger partial charge in [-0.05, 0) is 53.1 Å². The summed E-state index contributed by atoms with van der Waals surface area (Å²) in [4.78, 5) is 27.2. The largest absolute Gasteiger partial charge is 0.388 e.